The normalized spacial score (nSPS) is 14.1. The van der Waals surface area contributed by atoms with Crippen molar-refractivity contribution >= 4 is 0 Å². The second-order valence-corrected chi connectivity index (χ2v) is 5.56. The smallest absolute Gasteiger partial charge is 0.124 e. The average molecular weight is 290 g/mol. The molecule has 1 aromatic carbocycles. The molecule has 0 saturated heterocycles. The Balaban J connectivity index is 1.84. The van der Waals surface area contributed by atoms with Crippen molar-refractivity contribution in [1.29, 1.82) is 0 Å². The lowest BCUT2D eigenvalue weighted by molar-refractivity contribution is 0.102. The van der Waals surface area contributed by atoms with E-state index in [0.29, 0.717) is 5.56 Å². The lowest BCUT2D eigenvalue weighted by atomic mass is 10.1. The molecule has 0 aromatic heterocycles. The first kappa shape index (κ1) is 16.0. The molecule has 1 aliphatic rings. The molecule has 1 fully saturated rings. The summed E-state index contributed by atoms with van der Waals surface area (Å²) in [7, 11) is 2.03. The fourth-order valence-electron chi connectivity index (χ4n) is 2.07. The van der Waals surface area contributed by atoms with E-state index in [-0.39, 0.29) is 12.4 Å². The molecule has 0 atom stereocenters. The van der Waals surface area contributed by atoms with E-state index in [1.165, 1.54) is 25.0 Å². The Kier molecular flexibility index (Phi) is 6.19. The SMILES string of the molecule is CN(CCOCC1CC1)Cc1ccc(F)cc1C#CCN. The minimum atomic E-state index is -0.268. The molecule has 0 spiro atoms. The maximum Gasteiger partial charge on any atom is 0.124 e. The summed E-state index contributed by atoms with van der Waals surface area (Å²) in [6.45, 7) is 3.48. The molecule has 0 unspecified atom stereocenters. The van der Waals surface area contributed by atoms with Crippen LogP contribution in [0.2, 0.25) is 0 Å². The summed E-state index contributed by atoms with van der Waals surface area (Å²) < 4.78 is 18.9. The van der Waals surface area contributed by atoms with Crippen molar-refractivity contribution in [2.45, 2.75) is 19.4 Å². The standard InChI is InChI=1S/C17H23FN2O/c1-20(9-10-21-13-14-4-5-14)12-16-6-7-17(18)11-15(16)3-2-8-19/h6-7,11,14H,4-5,8-10,12-13,19H2,1H3. The number of hydrogen-bond acceptors (Lipinski definition) is 3. The molecule has 4 heteroatoms. The molecule has 2 N–H and O–H groups in total. The minimum absolute atomic E-state index is 0.268. The van der Waals surface area contributed by atoms with Gasteiger partial charge in [0.1, 0.15) is 5.82 Å². The Morgan fingerprint density at radius 3 is 2.95 bits per heavy atom. The van der Waals surface area contributed by atoms with Gasteiger partial charge in [0.15, 0.2) is 0 Å². The van der Waals surface area contributed by atoms with Crippen LogP contribution in [-0.4, -0.2) is 38.3 Å². The molecule has 1 aliphatic carbocycles. The summed E-state index contributed by atoms with van der Waals surface area (Å²) in [5.74, 6) is 6.25. The molecule has 1 aromatic rings. The van der Waals surface area contributed by atoms with E-state index in [1.807, 2.05) is 7.05 Å². The van der Waals surface area contributed by atoms with Gasteiger partial charge in [-0.3, -0.25) is 4.90 Å². The van der Waals surface area contributed by atoms with Crippen molar-refractivity contribution in [3.63, 3.8) is 0 Å². The first-order valence-corrected chi connectivity index (χ1v) is 7.42. The molecule has 0 heterocycles. The van der Waals surface area contributed by atoms with Crippen molar-refractivity contribution < 1.29 is 9.13 Å². The van der Waals surface area contributed by atoms with E-state index in [1.54, 1.807) is 6.07 Å². The van der Waals surface area contributed by atoms with Gasteiger partial charge < -0.3 is 10.5 Å². The predicted octanol–water partition coefficient (Wildman–Crippen LogP) is 1.99. The van der Waals surface area contributed by atoms with Crippen LogP contribution in [0.5, 0.6) is 0 Å². The highest BCUT2D eigenvalue weighted by molar-refractivity contribution is 5.41. The number of nitrogens with two attached hydrogens (primary N) is 1. The molecule has 2 rings (SSSR count). The van der Waals surface area contributed by atoms with Gasteiger partial charge >= 0.3 is 0 Å². The van der Waals surface area contributed by atoms with Crippen molar-refractivity contribution in [3.05, 3.63) is 35.1 Å². The fraction of sp³-hybridized carbons (Fsp3) is 0.529. The third-order valence-electron chi connectivity index (χ3n) is 3.51. The molecule has 21 heavy (non-hydrogen) atoms. The minimum Gasteiger partial charge on any atom is -0.380 e. The highest BCUT2D eigenvalue weighted by atomic mass is 19.1. The summed E-state index contributed by atoms with van der Waals surface area (Å²) >= 11 is 0. The van der Waals surface area contributed by atoms with Crippen LogP contribution in [0, 0.1) is 23.6 Å². The third kappa shape index (κ3) is 5.84. The van der Waals surface area contributed by atoms with Gasteiger partial charge in [-0.25, -0.2) is 4.39 Å². The van der Waals surface area contributed by atoms with Gasteiger partial charge in [0.2, 0.25) is 0 Å². The van der Waals surface area contributed by atoms with Crippen molar-refractivity contribution in [1.82, 2.24) is 4.90 Å². The average Bonchev–Trinajstić information content (AvgIpc) is 3.28. The summed E-state index contributed by atoms with van der Waals surface area (Å²) in [5.41, 5.74) is 7.11. The maximum atomic E-state index is 13.3. The highest BCUT2D eigenvalue weighted by Gasteiger charge is 2.20. The maximum absolute atomic E-state index is 13.3. The van der Waals surface area contributed by atoms with Crippen molar-refractivity contribution in [3.8, 4) is 11.8 Å². The highest BCUT2D eigenvalue weighted by Crippen LogP contribution is 2.28. The quantitative estimate of drug-likeness (QED) is 0.616. The van der Waals surface area contributed by atoms with Crippen molar-refractivity contribution in [2.24, 2.45) is 11.7 Å². The van der Waals surface area contributed by atoms with Crippen LogP contribution in [0.15, 0.2) is 18.2 Å². The van der Waals surface area contributed by atoms with Crippen LogP contribution in [0.3, 0.4) is 0 Å². The topological polar surface area (TPSA) is 38.5 Å². The number of nitrogens with zero attached hydrogens (tertiary/aromatic N) is 1. The molecular weight excluding hydrogens is 267 g/mol. The van der Waals surface area contributed by atoms with Crippen LogP contribution in [0.4, 0.5) is 4.39 Å². The second kappa shape index (κ2) is 8.14. The van der Waals surface area contributed by atoms with Gasteiger partial charge in [0.25, 0.3) is 0 Å². The number of rotatable bonds is 7. The lowest BCUT2D eigenvalue weighted by Gasteiger charge is -2.17. The molecule has 3 nitrogen and oxygen atoms in total. The summed E-state index contributed by atoms with van der Waals surface area (Å²) in [6, 6.07) is 4.73. The van der Waals surface area contributed by atoms with Gasteiger partial charge in [0.05, 0.1) is 13.2 Å². The van der Waals surface area contributed by atoms with Gasteiger partial charge in [0, 0.05) is 25.3 Å². The monoisotopic (exact) mass is 290 g/mol. The number of hydrogen-bond donors (Lipinski definition) is 1. The Hall–Kier alpha value is -1.41. The first-order chi connectivity index (χ1) is 10.2. The summed E-state index contributed by atoms with van der Waals surface area (Å²) in [6.07, 6.45) is 2.63. The van der Waals surface area contributed by atoms with E-state index in [9.17, 15) is 4.39 Å². The summed E-state index contributed by atoms with van der Waals surface area (Å²) in [5, 5.41) is 0. The Labute approximate surface area is 126 Å². The lowest BCUT2D eigenvalue weighted by Crippen LogP contribution is -2.23. The van der Waals surface area contributed by atoms with Gasteiger partial charge in [-0.1, -0.05) is 17.9 Å². The zero-order chi connectivity index (χ0) is 15.1. The zero-order valence-electron chi connectivity index (χ0n) is 12.6. The third-order valence-corrected chi connectivity index (χ3v) is 3.51. The van der Waals surface area contributed by atoms with Crippen LogP contribution in [-0.2, 0) is 11.3 Å². The molecule has 0 radical (unpaired) electrons. The zero-order valence-corrected chi connectivity index (χ0v) is 12.6. The number of ether oxygens (including phenoxy) is 1. The van der Waals surface area contributed by atoms with E-state index in [0.717, 1.165) is 37.8 Å². The Morgan fingerprint density at radius 1 is 1.43 bits per heavy atom. The first-order valence-electron chi connectivity index (χ1n) is 7.42. The van der Waals surface area contributed by atoms with E-state index < -0.39 is 0 Å². The number of benzene rings is 1. The second-order valence-electron chi connectivity index (χ2n) is 5.56. The van der Waals surface area contributed by atoms with Gasteiger partial charge in [-0.15, -0.1) is 0 Å². The molecule has 0 bridgehead atoms. The van der Waals surface area contributed by atoms with Crippen LogP contribution in [0.1, 0.15) is 24.0 Å². The predicted molar refractivity (Wildman–Crippen MR) is 82.2 cm³/mol. The van der Waals surface area contributed by atoms with E-state index in [4.69, 9.17) is 10.5 Å². The molecule has 0 aliphatic heterocycles. The molecule has 1 saturated carbocycles. The van der Waals surface area contributed by atoms with E-state index >= 15 is 0 Å². The molecule has 114 valence electrons. The molecule has 0 amide bonds. The fourth-order valence-corrected chi connectivity index (χ4v) is 2.07. The van der Waals surface area contributed by atoms with Crippen molar-refractivity contribution in [2.75, 3.05) is 33.4 Å². The number of likely N-dealkylation sites (N-methyl/N-ethyl adjacent to an activating group) is 1. The molecular formula is C17H23FN2O. The number of halogens is 1. The van der Waals surface area contributed by atoms with Gasteiger partial charge in [-0.05, 0) is 43.5 Å². The summed E-state index contributed by atoms with van der Waals surface area (Å²) in [4.78, 5) is 2.16. The van der Waals surface area contributed by atoms with Crippen LogP contribution < -0.4 is 5.73 Å². The van der Waals surface area contributed by atoms with Crippen LogP contribution >= 0.6 is 0 Å². The largest absolute Gasteiger partial charge is 0.380 e. The Bertz CT molecular complexity index is 517. The van der Waals surface area contributed by atoms with Crippen LogP contribution in [0.25, 0.3) is 0 Å². The van der Waals surface area contributed by atoms with Gasteiger partial charge in [-0.2, -0.15) is 0 Å². The van der Waals surface area contributed by atoms with E-state index in [2.05, 4.69) is 16.7 Å². The Morgan fingerprint density at radius 2 is 2.24 bits per heavy atom.